The van der Waals surface area contributed by atoms with E-state index in [1.807, 2.05) is 47.8 Å². The van der Waals surface area contributed by atoms with E-state index in [1.165, 1.54) is 12.1 Å². The van der Waals surface area contributed by atoms with Crippen molar-refractivity contribution in [3.63, 3.8) is 0 Å². The maximum atomic E-state index is 13.2. The van der Waals surface area contributed by atoms with E-state index in [0.29, 0.717) is 5.69 Å². The Morgan fingerprint density at radius 3 is 2.62 bits per heavy atom. The van der Waals surface area contributed by atoms with E-state index in [2.05, 4.69) is 5.32 Å². The van der Waals surface area contributed by atoms with Crippen molar-refractivity contribution in [1.29, 1.82) is 0 Å². The second-order valence-electron chi connectivity index (χ2n) is 5.40. The van der Waals surface area contributed by atoms with Crippen LogP contribution in [0.1, 0.15) is 17.4 Å². The van der Waals surface area contributed by atoms with Gasteiger partial charge in [-0.3, -0.25) is 4.79 Å². The zero-order chi connectivity index (χ0) is 16.8. The lowest BCUT2D eigenvalue weighted by atomic mass is 10.0. The topological polar surface area (TPSA) is 58.9 Å². The molecule has 0 radical (unpaired) electrons. The second-order valence-corrected chi connectivity index (χ2v) is 5.40. The quantitative estimate of drug-likeness (QED) is 0.732. The van der Waals surface area contributed by atoms with Crippen LogP contribution in [-0.2, 0) is 4.79 Å². The van der Waals surface area contributed by atoms with E-state index < -0.39 is 0 Å². The van der Waals surface area contributed by atoms with Gasteiger partial charge in [-0.1, -0.05) is 36.4 Å². The summed E-state index contributed by atoms with van der Waals surface area (Å²) in [6.45, 7) is 0.191. The molecule has 5 heteroatoms. The third kappa shape index (κ3) is 4.08. The van der Waals surface area contributed by atoms with Gasteiger partial charge in [0.1, 0.15) is 5.82 Å². The van der Waals surface area contributed by atoms with Crippen molar-refractivity contribution in [3.05, 3.63) is 90.1 Å². The summed E-state index contributed by atoms with van der Waals surface area (Å²) in [5.41, 5.74) is 1.49. The zero-order valence-electron chi connectivity index (χ0n) is 13.0. The molecule has 0 spiro atoms. The number of anilines is 1. The first-order valence-corrected chi connectivity index (χ1v) is 7.69. The number of carbonyl (C=O) groups excluding carboxylic acids is 1. The van der Waals surface area contributed by atoms with Crippen LogP contribution in [-0.4, -0.2) is 12.5 Å². The zero-order valence-corrected chi connectivity index (χ0v) is 13.0. The average molecular weight is 325 g/mol. The number of benzene rings is 2. The fraction of sp³-hybridized carbons (Fsp3) is 0.105. The highest BCUT2D eigenvalue weighted by Gasteiger charge is 2.21. The molecule has 1 aromatic heterocycles. The lowest BCUT2D eigenvalue weighted by Gasteiger charge is -2.14. The molecule has 2 aromatic carbocycles. The van der Waals surface area contributed by atoms with Crippen molar-refractivity contribution in [2.24, 2.45) is 0 Å². The number of hydrogen-bond acceptors (Lipinski definition) is 2. The van der Waals surface area contributed by atoms with Gasteiger partial charge in [0, 0.05) is 11.3 Å². The van der Waals surface area contributed by atoms with Crippen LogP contribution >= 0.6 is 0 Å². The first kappa shape index (κ1) is 16.0. The lowest BCUT2D eigenvalue weighted by Crippen LogP contribution is -2.87. The molecule has 1 atom stereocenters. The summed E-state index contributed by atoms with van der Waals surface area (Å²) in [5, 5.41) is 4.59. The largest absolute Gasteiger partial charge is 0.463 e. The van der Waals surface area contributed by atoms with E-state index in [0.717, 1.165) is 11.3 Å². The van der Waals surface area contributed by atoms with Gasteiger partial charge >= 0.3 is 0 Å². The molecule has 4 nitrogen and oxygen atoms in total. The van der Waals surface area contributed by atoms with Crippen LogP contribution in [0.25, 0.3) is 0 Å². The van der Waals surface area contributed by atoms with Crippen LogP contribution in [0.5, 0.6) is 0 Å². The maximum absolute atomic E-state index is 13.2. The first-order valence-electron chi connectivity index (χ1n) is 7.69. The van der Waals surface area contributed by atoms with Crippen LogP contribution in [0.15, 0.2) is 77.4 Å². The number of hydrogen-bond donors (Lipinski definition) is 2. The predicted octanol–water partition coefficient (Wildman–Crippen LogP) is 2.71. The normalized spacial score (nSPS) is 11.9. The Labute approximate surface area is 139 Å². The fourth-order valence-electron chi connectivity index (χ4n) is 2.55. The van der Waals surface area contributed by atoms with Gasteiger partial charge in [-0.05, 0) is 30.3 Å². The van der Waals surface area contributed by atoms with E-state index in [1.54, 1.807) is 18.4 Å². The molecule has 0 saturated carbocycles. The second kappa shape index (κ2) is 7.57. The molecule has 3 rings (SSSR count). The summed E-state index contributed by atoms with van der Waals surface area (Å²) in [4.78, 5) is 12.1. The van der Waals surface area contributed by atoms with Gasteiger partial charge in [0.15, 0.2) is 18.3 Å². The van der Waals surface area contributed by atoms with Crippen LogP contribution in [0.4, 0.5) is 10.1 Å². The Hall–Kier alpha value is -2.92. The Kier molecular flexibility index (Phi) is 5.03. The number of amides is 1. The molecular formula is C19H18FN2O2+. The summed E-state index contributed by atoms with van der Waals surface area (Å²) in [5.74, 6) is 0.197. The minimum atomic E-state index is -0.380. The Balaban J connectivity index is 1.67. The molecule has 0 bridgehead atoms. The average Bonchev–Trinajstić information content (AvgIpc) is 3.10. The van der Waals surface area contributed by atoms with Crippen molar-refractivity contribution in [1.82, 2.24) is 0 Å². The van der Waals surface area contributed by atoms with E-state index >= 15 is 0 Å². The predicted molar refractivity (Wildman–Crippen MR) is 88.8 cm³/mol. The van der Waals surface area contributed by atoms with Gasteiger partial charge < -0.3 is 15.1 Å². The van der Waals surface area contributed by atoms with Crippen LogP contribution < -0.4 is 10.6 Å². The molecule has 24 heavy (non-hydrogen) atoms. The number of furan rings is 1. The van der Waals surface area contributed by atoms with Crippen molar-refractivity contribution in [3.8, 4) is 0 Å². The van der Waals surface area contributed by atoms with Crippen LogP contribution in [0, 0.1) is 5.82 Å². The third-order valence-corrected chi connectivity index (χ3v) is 3.66. The van der Waals surface area contributed by atoms with Gasteiger partial charge in [-0.2, -0.15) is 0 Å². The summed E-state index contributed by atoms with van der Waals surface area (Å²) < 4.78 is 18.7. The standard InChI is InChI=1S/C19H17FN2O2/c20-15-8-4-9-16(12-15)22-18(23)13-21-19(17-10-5-11-24-17)14-6-2-1-3-7-14/h1-12,19,21H,13H2,(H,22,23)/p+1/t19-/m1/s1. The van der Waals surface area contributed by atoms with Crippen molar-refractivity contribution < 1.29 is 18.9 Å². The lowest BCUT2D eigenvalue weighted by molar-refractivity contribution is -0.678. The van der Waals surface area contributed by atoms with Crippen LogP contribution in [0.3, 0.4) is 0 Å². The first-order chi connectivity index (χ1) is 11.7. The molecule has 0 aliphatic heterocycles. The van der Waals surface area contributed by atoms with Gasteiger partial charge in [0.2, 0.25) is 0 Å². The number of carbonyl (C=O) groups is 1. The number of quaternary nitrogens is 1. The van der Waals surface area contributed by atoms with Gasteiger partial charge in [-0.15, -0.1) is 0 Å². The SMILES string of the molecule is O=C(C[NH2+][C@H](c1ccccc1)c1ccco1)Nc1cccc(F)c1. The molecule has 3 N–H and O–H groups in total. The molecule has 1 heterocycles. The third-order valence-electron chi connectivity index (χ3n) is 3.66. The fourth-order valence-corrected chi connectivity index (χ4v) is 2.55. The van der Waals surface area contributed by atoms with E-state index in [9.17, 15) is 9.18 Å². The Morgan fingerprint density at radius 2 is 1.92 bits per heavy atom. The van der Waals surface area contributed by atoms with Gasteiger partial charge in [0.05, 0.1) is 6.26 Å². The smallest absolute Gasteiger partial charge is 0.279 e. The highest BCUT2D eigenvalue weighted by atomic mass is 19.1. The molecule has 0 saturated heterocycles. The van der Waals surface area contributed by atoms with Crippen molar-refractivity contribution >= 4 is 11.6 Å². The van der Waals surface area contributed by atoms with E-state index in [-0.39, 0.29) is 24.3 Å². The molecular weight excluding hydrogens is 307 g/mol. The monoisotopic (exact) mass is 325 g/mol. The maximum Gasteiger partial charge on any atom is 0.279 e. The molecule has 0 aliphatic carbocycles. The number of nitrogens with one attached hydrogen (secondary N) is 1. The Morgan fingerprint density at radius 1 is 1.08 bits per heavy atom. The minimum Gasteiger partial charge on any atom is -0.463 e. The van der Waals surface area contributed by atoms with Crippen LogP contribution in [0.2, 0.25) is 0 Å². The number of nitrogens with two attached hydrogens (primary N) is 1. The minimum absolute atomic E-state index is 0.112. The van der Waals surface area contributed by atoms with E-state index in [4.69, 9.17) is 4.42 Å². The summed E-state index contributed by atoms with van der Waals surface area (Å²) >= 11 is 0. The summed E-state index contributed by atoms with van der Waals surface area (Å²) in [6, 6.07) is 19.3. The molecule has 3 aromatic rings. The molecule has 0 unspecified atom stereocenters. The van der Waals surface area contributed by atoms with Gasteiger partial charge in [-0.25, -0.2) is 4.39 Å². The number of halogens is 1. The highest BCUT2D eigenvalue weighted by molar-refractivity contribution is 5.91. The Bertz CT molecular complexity index is 788. The molecule has 1 amide bonds. The number of rotatable bonds is 6. The molecule has 0 fully saturated rings. The summed E-state index contributed by atoms with van der Waals surface area (Å²) in [6.07, 6.45) is 1.62. The molecule has 0 aliphatic rings. The summed E-state index contributed by atoms with van der Waals surface area (Å²) in [7, 11) is 0. The van der Waals surface area contributed by atoms with Crippen molar-refractivity contribution in [2.45, 2.75) is 6.04 Å². The molecule has 122 valence electrons. The highest BCUT2D eigenvalue weighted by Crippen LogP contribution is 2.18. The van der Waals surface area contributed by atoms with Gasteiger partial charge in [0.25, 0.3) is 5.91 Å². The van der Waals surface area contributed by atoms with Crippen molar-refractivity contribution in [2.75, 3.05) is 11.9 Å².